The summed E-state index contributed by atoms with van der Waals surface area (Å²) in [5.74, 6) is -0.125. The van der Waals surface area contributed by atoms with Gasteiger partial charge in [0.15, 0.2) is 5.65 Å². The maximum atomic E-state index is 13.6. The molecule has 1 N–H and O–H groups in total. The van der Waals surface area contributed by atoms with E-state index in [0.29, 0.717) is 71.5 Å². The molecule has 2 atom stereocenters. The summed E-state index contributed by atoms with van der Waals surface area (Å²) in [5, 5.41) is 12.6. The highest BCUT2D eigenvalue weighted by Gasteiger charge is 2.36. The number of piperidine rings is 1. The van der Waals surface area contributed by atoms with Crippen LogP contribution in [0.4, 0.5) is 4.79 Å². The van der Waals surface area contributed by atoms with E-state index >= 15 is 0 Å². The number of amides is 2. The molecule has 48 heavy (non-hydrogen) atoms. The standard InChI is InChI=1S/C35H39Cl2N5O6/c1-22-18-41(33(45)48-34(2,3)4)28(19-47-22)23-7-11-26(12-8-23)42-29(37)17-27-30(42)38-21-40(32(27)44)20-35(46)13-15-39(16-14-35)31(43)24-5-9-25(36)10-6-24/h5-12,17,21-22,28,46H,13-16,18-20H2,1-4H3/t22-,28-/m1/s1. The Kier molecular flexibility index (Phi) is 9.34. The number of aromatic nitrogens is 3. The van der Waals surface area contributed by atoms with Crippen LogP contribution in [-0.4, -0.2) is 84.6 Å². The van der Waals surface area contributed by atoms with Crippen LogP contribution in [0.15, 0.2) is 65.7 Å². The topological polar surface area (TPSA) is 119 Å². The molecule has 0 radical (unpaired) electrons. The van der Waals surface area contributed by atoms with Crippen molar-refractivity contribution in [1.82, 2.24) is 23.9 Å². The molecule has 2 saturated heterocycles. The van der Waals surface area contributed by atoms with Crippen molar-refractivity contribution >= 4 is 46.2 Å². The van der Waals surface area contributed by atoms with E-state index in [1.165, 1.54) is 10.9 Å². The minimum atomic E-state index is -1.19. The maximum Gasteiger partial charge on any atom is 0.410 e. The van der Waals surface area contributed by atoms with E-state index in [-0.39, 0.29) is 30.2 Å². The number of nitrogens with zero attached hydrogens (tertiary/aromatic N) is 5. The van der Waals surface area contributed by atoms with Crippen molar-refractivity contribution in [3.05, 3.63) is 92.6 Å². The molecule has 2 aliphatic rings. The number of carbonyl (C=O) groups excluding carboxylic acids is 2. The van der Waals surface area contributed by atoms with Gasteiger partial charge in [0, 0.05) is 29.4 Å². The van der Waals surface area contributed by atoms with Crippen LogP contribution < -0.4 is 5.56 Å². The fourth-order valence-electron chi connectivity index (χ4n) is 6.27. The third kappa shape index (κ3) is 7.10. The first-order chi connectivity index (χ1) is 22.7. The normalized spacial score (nSPS) is 19.8. The quantitative estimate of drug-likeness (QED) is 0.278. The van der Waals surface area contributed by atoms with Crippen molar-refractivity contribution in [3.8, 4) is 5.69 Å². The van der Waals surface area contributed by atoms with Crippen molar-refractivity contribution in [1.29, 1.82) is 0 Å². The van der Waals surface area contributed by atoms with Crippen molar-refractivity contribution in [3.63, 3.8) is 0 Å². The number of hydrogen-bond donors (Lipinski definition) is 1. The number of ether oxygens (including phenoxy) is 2. The van der Waals surface area contributed by atoms with Crippen LogP contribution in [0.5, 0.6) is 0 Å². The van der Waals surface area contributed by atoms with E-state index in [0.717, 1.165) is 5.56 Å². The smallest absolute Gasteiger partial charge is 0.410 e. The minimum absolute atomic E-state index is 0.0332. The van der Waals surface area contributed by atoms with Crippen molar-refractivity contribution in [2.45, 2.75) is 70.4 Å². The molecule has 0 unspecified atom stereocenters. The molecule has 0 bridgehead atoms. The Balaban J connectivity index is 1.18. The average molecular weight is 697 g/mol. The Morgan fingerprint density at radius 2 is 1.73 bits per heavy atom. The highest BCUT2D eigenvalue weighted by Crippen LogP contribution is 2.31. The van der Waals surface area contributed by atoms with Crippen molar-refractivity contribution in [2.75, 3.05) is 26.2 Å². The molecule has 0 aliphatic carbocycles. The molecule has 6 rings (SSSR count). The zero-order chi connectivity index (χ0) is 34.4. The van der Waals surface area contributed by atoms with Crippen LogP contribution in [-0.2, 0) is 16.0 Å². The van der Waals surface area contributed by atoms with Gasteiger partial charge in [0.1, 0.15) is 17.1 Å². The van der Waals surface area contributed by atoms with E-state index in [4.69, 9.17) is 32.7 Å². The van der Waals surface area contributed by atoms with Crippen LogP contribution in [0, 0.1) is 0 Å². The zero-order valence-corrected chi connectivity index (χ0v) is 28.9. The number of carbonyl (C=O) groups is 2. The minimum Gasteiger partial charge on any atom is -0.444 e. The average Bonchev–Trinajstić information content (AvgIpc) is 3.38. The van der Waals surface area contributed by atoms with Gasteiger partial charge in [-0.05, 0) is 88.6 Å². The van der Waals surface area contributed by atoms with Gasteiger partial charge in [0.2, 0.25) is 0 Å². The van der Waals surface area contributed by atoms with Gasteiger partial charge in [-0.15, -0.1) is 0 Å². The predicted molar refractivity (Wildman–Crippen MR) is 183 cm³/mol. The molecule has 4 aromatic rings. The lowest BCUT2D eigenvalue weighted by molar-refractivity contribution is -0.0644. The lowest BCUT2D eigenvalue weighted by Gasteiger charge is -2.39. The van der Waals surface area contributed by atoms with Gasteiger partial charge in [-0.25, -0.2) is 9.78 Å². The second-order valence-corrected chi connectivity index (χ2v) is 14.4. The van der Waals surface area contributed by atoms with Gasteiger partial charge < -0.3 is 19.5 Å². The number of aliphatic hydroxyl groups is 1. The Morgan fingerprint density at radius 3 is 2.38 bits per heavy atom. The number of hydrogen-bond acceptors (Lipinski definition) is 7. The summed E-state index contributed by atoms with van der Waals surface area (Å²) in [7, 11) is 0. The molecule has 254 valence electrons. The molecule has 0 saturated carbocycles. The molecule has 2 amide bonds. The molecule has 11 nitrogen and oxygen atoms in total. The predicted octanol–water partition coefficient (Wildman–Crippen LogP) is 5.86. The van der Waals surface area contributed by atoms with Gasteiger partial charge in [-0.2, -0.15) is 0 Å². The second-order valence-electron chi connectivity index (χ2n) is 13.6. The third-order valence-corrected chi connectivity index (χ3v) is 9.34. The monoisotopic (exact) mass is 695 g/mol. The number of halogens is 2. The zero-order valence-electron chi connectivity index (χ0n) is 27.4. The van der Waals surface area contributed by atoms with Gasteiger partial charge in [-0.1, -0.05) is 35.3 Å². The first kappa shape index (κ1) is 34.0. The van der Waals surface area contributed by atoms with Gasteiger partial charge in [0.25, 0.3) is 11.5 Å². The molecular formula is C35H39Cl2N5O6. The van der Waals surface area contributed by atoms with Crippen LogP contribution in [0.25, 0.3) is 16.7 Å². The summed E-state index contributed by atoms with van der Waals surface area (Å²) < 4.78 is 14.7. The fraction of sp³-hybridized carbons (Fsp3) is 0.429. The van der Waals surface area contributed by atoms with Crippen LogP contribution in [0.1, 0.15) is 62.5 Å². The molecule has 0 spiro atoms. The molecule has 2 fully saturated rings. The maximum absolute atomic E-state index is 13.6. The Labute approximate surface area is 288 Å². The molecule has 13 heteroatoms. The second kappa shape index (κ2) is 13.2. The number of likely N-dealkylation sites (tertiary alicyclic amines) is 1. The highest BCUT2D eigenvalue weighted by molar-refractivity contribution is 6.31. The third-order valence-electron chi connectivity index (χ3n) is 8.81. The Morgan fingerprint density at radius 1 is 1.06 bits per heavy atom. The SMILES string of the molecule is C[C@@H]1CN(C(=O)OC(C)(C)C)[C@@H](c2ccc(-n3c(Cl)cc4c(=O)n(CC5(O)CCN(C(=O)c6ccc(Cl)cc6)CC5)cnc43)cc2)CO1. The van der Waals surface area contributed by atoms with Crippen LogP contribution in [0.2, 0.25) is 10.2 Å². The summed E-state index contributed by atoms with van der Waals surface area (Å²) >= 11 is 12.6. The van der Waals surface area contributed by atoms with Crippen LogP contribution in [0.3, 0.4) is 0 Å². The van der Waals surface area contributed by atoms with E-state index in [1.807, 2.05) is 52.0 Å². The lowest BCUT2D eigenvalue weighted by Crippen LogP contribution is -2.49. The molecule has 4 heterocycles. The molecular weight excluding hydrogens is 657 g/mol. The fourth-order valence-corrected chi connectivity index (χ4v) is 6.68. The van der Waals surface area contributed by atoms with E-state index in [9.17, 15) is 19.5 Å². The molecule has 2 aromatic heterocycles. The van der Waals surface area contributed by atoms with Gasteiger partial charge >= 0.3 is 6.09 Å². The number of morpholine rings is 1. The number of benzene rings is 2. The summed E-state index contributed by atoms with van der Waals surface area (Å²) in [4.78, 5) is 47.6. The summed E-state index contributed by atoms with van der Waals surface area (Å²) in [5.41, 5.74) is 0.334. The highest BCUT2D eigenvalue weighted by atomic mass is 35.5. The first-order valence-electron chi connectivity index (χ1n) is 16.0. The van der Waals surface area contributed by atoms with Gasteiger partial charge in [-0.3, -0.25) is 23.6 Å². The summed E-state index contributed by atoms with van der Waals surface area (Å²) in [6, 6.07) is 15.5. The number of fused-ring (bicyclic) bond motifs is 1. The largest absolute Gasteiger partial charge is 0.444 e. The lowest BCUT2D eigenvalue weighted by atomic mass is 9.91. The van der Waals surface area contributed by atoms with E-state index < -0.39 is 17.3 Å². The molecule has 2 aromatic carbocycles. The Bertz CT molecular complexity index is 1870. The van der Waals surface area contributed by atoms with E-state index in [1.54, 1.807) is 44.7 Å². The van der Waals surface area contributed by atoms with Crippen molar-refractivity contribution < 1.29 is 24.2 Å². The Hall–Kier alpha value is -3.90. The van der Waals surface area contributed by atoms with E-state index in [2.05, 4.69) is 4.98 Å². The molecule has 2 aliphatic heterocycles. The van der Waals surface area contributed by atoms with Crippen molar-refractivity contribution in [2.24, 2.45) is 0 Å². The number of rotatable bonds is 5. The first-order valence-corrected chi connectivity index (χ1v) is 16.7. The summed E-state index contributed by atoms with van der Waals surface area (Å²) in [6.07, 6.45) is 1.52. The summed E-state index contributed by atoms with van der Waals surface area (Å²) in [6.45, 7) is 8.91. The van der Waals surface area contributed by atoms with Gasteiger partial charge in [0.05, 0.1) is 42.8 Å². The van der Waals surface area contributed by atoms with Crippen LogP contribution >= 0.6 is 23.2 Å².